The molecular weight excluding hydrogens is 318 g/mol. The second kappa shape index (κ2) is 7.92. The van der Waals surface area contributed by atoms with Crippen molar-refractivity contribution >= 4 is 17.5 Å². The number of hydrogen-bond donors (Lipinski definition) is 1. The Bertz CT molecular complexity index is 681. The highest BCUT2D eigenvalue weighted by Gasteiger charge is 2.14. The van der Waals surface area contributed by atoms with Gasteiger partial charge in [0.05, 0.1) is 19.6 Å². The summed E-state index contributed by atoms with van der Waals surface area (Å²) in [4.78, 5) is 12.2. The summed E-state index contributed by atoms with van der Waals surface area (Å²) < 4.78 is 16.2. The topological polar surface area (TPSA) is 60.7 Å². The summed E-state index contributed by atoms with van der Waals surface area (Å²) in [6.45, 7) is 4.55. The maximum Gasteiger partial charge on any atom is 0.287 e. The quantitative estimate of drug-likeness (QED) is 0.783. The number of carbonyl (C=O) groups excluding carboxylic acids is 1. The lowest BCUT2D eigenvalue weighted by Gasteiger charge is -2.12. The van der Waals surface area contributed by atoms with E-state index < -0.39 is 0 Å². The van der Waals surface area contributed by atoms with Crippen molar-refractivity contribution in [1.82, 2.24) is 5.32 Å². The van der Waals surface area contributed by atoms with Crippen molar-refractivity contribution in [3.05, 3.63) is 46.9 Å². The second-order valence-corrected chi connectivity index (χ2v) is 5.18. The van der Waals surface area contributed by atoms with Crippen molar-refractivity contribution in [2.45, 2.75) is 26.3 Å². The molecule has 23 heavy (non-hydrogen) atoms. The van der Waals surface area contributed by atoms with Gasteiger partial charge in [0, 0.05) is 23.7 Å². The zero-order valence-electron chi connectivity index (χ0n) is 13.4. The van der Waals surface area contributed by atoms with Crippen LogP contribution in [0.25, 0.3) is 0 Å². The number of furan rings is 1. The number of aryl methyl sites for hydroxylation is 1. The van der Waals surface area contributed by atoms with Crippen LogP contribution in [0.1, 0.15) is 34.4 Å². The molecule has 1 aromatic carbocycles. The van der Waals surface area contributed by atoms with Crippen LogP contribution in [0.4, 0.5) is 0 Å². The highest BCUT2D eigenvalue weighted by molar-refractivity contribution is 6.17. The van der Waals surface area contributed by atoms with Gasteiger partial charge in [0.15, 0.2) is 5.76 Å². The average Bonchev–Trinajstić information content (AvgIpc) is 2.94. The maximum absolute atomic E-state index is 12.2. The van der Waals surface area contributed by atoms with Crippen LogP contribution in [0.5, 0.6) is 11.5 Å². The van der Waals surface area contributed by atoms with Crippen molar-refractivity contribution in [3.63, 3.8) is 0 Å². The van der Waals surface area contributed by atoms with Gasteiger partial charge < -0.3 is 19.2 Å². The molecule has 5 nitrogen and oxygen atoms in total. The highest BCUT2D eigenvalue weighted by atomic mass is 35.5. The van der Waals surface area contributed by atoms with Crippen LogP contribution < -0.4 is 14.8 Å². The van der Waals surface area contributed by atoms with Crippen LogP contribution in [-0.2, 0) is 12.4 Å². The Kier molecular flexibility index (Phi) is 5.93. The zero-order valence-corrected chi connectivity index (χ0v) is 14.2. The molecule has 0 spiro atoms. The van der Waals surface area contributed by atoms with Gasteiger partial charge in [-0.25, -0.2) is 0 Å². The average molecular weight is 338 g/mol. The monoisotopic (exact) mass is 337 g/mol. The molecular formula is C17H20ClNO4. The minimum atomic E-state index is -0.289. The Balaban J connectivity index is 2.08. The number of alkyl halides is 1. The Morgan fingerprint density at radius 1 is 1.30 bits per heavy atom. The number of methoxy groups -OCH3 is 1. The Hall–Kier alpha value is -2.14. The van der Waals surface area contributed by atoms with Crippen molar-refractivity contribution < 1.29 is 18.7 Å². The van der Waals surface area contributed by atoms with Crippen molar-refractivity contribution in [2.24, 2.45) is 0 Å². The van der Waals surface area contributed by atoms with Gasteiger partial charge in [-0.3, -0.25) is 4.79 Å². The van der Waals surface area contributed by atoms with Crippen molar-refractivity contribution in [2.75, 3.05) is 13.7 Å². The van der Waals surface area contributed by atoms with E-state index in [1.807, 2.05) is 19.1 Å². The van der Waals surface area contributed by atoms with E-state index in [1.54, 1.807) is 26.2 Å². The van der Waals surface area contributed by atoms with E-state index >= 15 is 0 Å². The van der Waals surface area contributed by atoms with E-state index in [2.05, 4.69) is 5.32 Å². The minimum absolute atomic E-state index is 0.254. The predicted octanol–water partition coefficient (Wildman–Crippen LogP) is 3.66. The predicted molar refractivity (Wildman–Crippen MR) is 88.3 cm³/mol. The van der Waals surface area contributed by atoms with E-state index in [9.17, 15) is 4.79 Å². The van der Waals surface area contributed by atoms with Gasteiger partial charge in [0.2, 0.25) is 0 Å². The lowest BCUT2D eigenvalue weighted by atomic mass is 10.2. The van der Waals surface area contributed by atoms with Crippen LogP contribution in [0.3, 0.4) is 0 Å². The van der Waals surface area contributed by atoms with Gasteiger partial charge in [-0.05, 0) is 32.0 Å². The molecule has 1 heterocycles. The summed E-state index contributed by atoms with van der Waals surface area (Å²) in [5.74, 6) is 2.33. The minimum Gasteiger partial charge on any atom is -0.497 e. The van der Waals surface area contributed by atoms with Crippen LogP contribution in [0.2, 0.25) is 0 Å². The standard InChI is InChI=1S/C17H20ClNO4/c1-4-22-15-8-14(21-3)6-5-12(15)10-19-17(20)16-7-13(9-18)11(2)23-16/h5-8H,4,9-10H2,1-3H3,(H,19,20). The molecule has 0 unspecified atom stereocenters. The Labute approximate surface area is 140 Å². The molecule has 1 N–H and O–H groups in total. The molecule has 0 fully saturated rings. The largest absolute Gasteiger partial charge is 0.497 e. The summed E-state index contributed by atoms with van der Waals surface area (Å²) >= 11 is 5.79. The molecule has 0 saturated carbocycles. The molecule has 0 aliphatic carbocycles. The Morgan fingerprint density at radius 3 is 2.70 bits per heavy atom. The summed E-state index contributed by atoms with van der Waals surface area (Å²) in [6.07, 6.45) is 0. The fraction of sp³-hybridized carbons (Fsp3) is 0.353. The summed E-state index contributed by atoms with van der Waals surface area (Å²) in [5.41, 5.74) is 1.68. The first kappa shape index (κ1) is 17.2. The van der Waals surface area contributed by atoms with Crippen LogP contribution in [0, 0.1) is 6.92 Å². The molecule has 124 valence electrons. The van der Waals surface area contributed by atoms with Crippen molar-refractivity contribution in [3.8, 4) is 11.5 Å². The van der Waals surface area contributed by atoms with Gasteiger partial charge in [-0.2, -0.15) is 0 Å². The smallest absolute Gasteiger partial charge is 0.287 e. The zero-order chi connectivity index (χ0) is 16.8. The summed E-state index contributed by atoms with van der Waals surface area (Å²) in [6, 6.07) is 7.15. The molecule has 0 aliphatic rings. The fourth-order valence-corrected chi connectivity index (χ4v) is 2.39. The van der Waals surface area contributed by atoms with Crippen LogP contribution >= 0.6 is 11.6 Å². The Morgan fingerprint density at radius 2 is 2.09 bits per heavy atom. The van der Waals surface area contributed by atoms with Gasteiger partial charge in [0.25, 0.3) is 5.91 Å². The fourth-order valence-electron chi connectivity index (χ4n) is 2.12. The molecule has 0 bridgehead atoms. The molecule has 2 aromatic rings. The number of hydrogen-bond acceptors (Lipinski definition) is 4. The van der Waals surface area contributed by atoms with Gasteiger partial charge >= 0.3 is 0 Å². The SMILES string of the molecule is CCOc1cc(OC)ccc1CNC(=O)c1cc(CCl)c(C)o1. The second-order valence-electron chi connectivity index (χ2n) is 4.92. The molecule has 1 aromatic heterocycles. The van der Waals surface area contributed by atoms with E-state index in [0.717, 1.165) is 11.1 Å². The van der Waals surface area contributed by atoms with Gasteiger partial charge in [-0.15, -0.1) is 11.6 Å². The first-order chi connectivity index (χ1) is 11.1. The normalized spacial score (nSPS) is 10.4. The maximum atomic E-state index is 12.2. The first-order valence-corrected chi connectivity index (χ1v) is 7.85. The van der Waals surface area contributed by atoms with Crippen molar-refractivity contribution in [1.29, 1.82) is 0 Å². The molecule has 0 saturated heterocycles. The van der Waals surface area contributed by atoms with E-state index in [0.29, 0.717) is 36.3 Å². The lowest BCUT2D eigenvalue weighted by molar-refractivity contribution is 0.0921. The molecule has 0 radical (unpaired) electrons. The lowest BCUT2D eigenvalue weighted by Crippen LogP contribution is -2.22. The number of benzene rings is 1. The molecule has 0 aliphatic heterocycles. The number of nitrogens with one attached hydrogen (secondary N) is 1. The molecule has 1 amide bonds. The van der Waals surface area contributed by atoms with Crippen LogP contribution in [-0.4, -0.2) is 19.6 Å². The van der Waals surface area contributed by atoms with Gasteiger partial charge in [0.1, 0.15) is 17.3 Å². The third-order valence-electron chi connectivity index (χ3n) is 3.40. The number of amides is 1. The third-order valence-corrected chi connectivity index (χ3v) is 3.69. The van der Waals surface area contributed by atoms with Gasteiger partial charge in [-0.1, -0.05) is 0 Å². The summed E-state index contributed by atoms with van der Waals surface area (Å²) in [5, 5.41) is 2.82. The number of ether oxygens (including phenoxy) is 2. The molecule has 6 heteroatoms. The molecule has 0 atom stereocenters. The number of carbonyl (C=O) groups is 1. The third kappa shape index (κ3) is 4.20. The summed E-state index contributed by atoms with van der Waals surface area (Å²) in [7, 11) is 1.60. The number of rotatable bonds is 7. The van der Waals surface area contributed by atoms with E-state index in [-0.39, 0.29) is 11.7 Å². The molecule has 2 rings (SSSR count). The first-order valence-electron chi connectivity index (χ1n) is 7.32. The number of halogens is 1. The van der Waals surface area contributed by atoms with E-state index in [1.165, 1.54) is 0 Å². The van der Waals surface area contributed by atoms with Crippen LogP contribution in [0.15, 0.2) is 28.7 Å². The highest BCUT2D eigenvalue weighted by Crippen LogP contribution is 2.25. The van der Waals surface area contributed by atoms with E-state index in [4.69, 9.17) is 25.5 Å².